The molecule has 1 heterocycles. The molecule has 0 bridgehead atoms. The molecular weight excluding hydrogens is 255 g/mol. The molecular formula is C16H23FN2O. The molecule has 1 aromatic rings. The smallest absolute Gasteiger partial charge is 0.234 e. The summed E-state index contributed by atoms with van der Waals surface area (Å²) in [6, 6.07) is 6.70. The number of hydrogen-bond donors (Lipinski definition) is 1. The molecule has 3 nitrogen and oxygen atoms in total. The van der Waals surface area contributed by atoms with Crippen LogP contribution < -0.4 is 5.32 Å². The van der Waals surface area contributed by atoms with E-state index in [4.69, 9.17) is 0 Å². The standard InChI is InChI=1S/C16H23FN2O/c1-13-7-10-19(11-8-13)12-16(20)18-9-6-14-4-2-3-5-15(14)17/h2-5,13H,6-12H2,1H3,(H,18,20). The number of halogens is 1. The Morgan fingerprint density at radius 3 is 2.75 bits per heavy atom. The van der Waals surface area contributed by atoms with E-state index >= 15 is 0 Å². The van der Waals surface area contributed by atoms with Crippen LogP contribution in [0.25, 0.3) is 0 Å². The summed E-state index contributed by atoms with van der Waals surface area (Å²) in [4.78, 5) is 14.0. The Morgan fingerprint density at radius 2 is 2.05 bits per heavy atom. The molecule has 110 valence electrons. The highest BCUT2D eigenvalue weighted by atomic mass is 19.1. The first kappa shape index (κ1) is 15.0. The van der Waals surface area contributed by atoms with Gasteiger partial charge in [-0.15, -0.1) is 0 Å². The molecule has 1 N–H and O–H groups in total. The first-order valence-electron chi connectivity index (χ1n) is 7.37. The molecule has 0 atom stereocenters. The van der Waals surface area contributed by atoms with Gasteiger partial charge in [-0.3, -0.25) is 9.69 Å². The Kier molecular flexibility index (Phi) is 5.53. The third-order valence-corrected chi connectivity index (χ3v) is 3.92. The number of nitrogens with zero attached hydrogens (tertiary/aromatic N) is 1. The van der Waals surface area contributed by atoms with Gasteiger partial charge in [0.05, 0.1) is 6.54 Å². The molecule has 20 heavy (non-hydrogen) atoms. The number of nitrogens with one attached hydrogen (secondary N) is 1. The summed E-state index contributed by atoms with van der Waals surface area (Å²) in [7, 11) is 0. The lowest BCUT2D eigenvalue weighted by Gasteiger charge is -2.29. The molecule has 1 aliphatic rings. The number of piperidine rings is 1. The van der Waals surface area contributed by atoms with Crippen molar-refractivity contribution in [2.24, 2.45) is 5.92 Å². The monoisotopic (exact) mass is 278 g/mol. The minimum absolute atomic E-state index is 0.0379. The van der Waals surface area contributed by atoms with Crippen LogP contribution in [-0.4, -0.2) is 37.0 Å². The zero-order valence-electron chi connectivity index (χ0n) is 12.1. The maximum atomic E-state index is 13.4. The lowest BCUT2D eigenvalue weighted by Crippen LogP contribution is -2.41. The van der Waals surface area contributed by atoms with Crippen LogP contribution in [0.15, 0.2) is 24.3 Å². The predicted octanol–water partition coefficient (Wildman–Crippen LogP) is 2.22. The number of hydrogen-bond acceptors (Lipinski definition) is 2. The molecule has 0 saturated carbocycles. The van der Waals surface area contributed by atoms with Gasteiger partial charge in [0.25, 0.3) is 0 Å². The van der Waals surface area contributed by atoms with Crippen LogP contribution >= 0.6 is 0 Å². The number of likely N-dealkylation sites (tertiary alicyclic amines) is 1. The second-order valence-electron chi connectivity index (χ2n) is 5.65. The van der Waals surface area contributed by atoms with Crippen molar-refractivity contribution < 1.29 is 9.18 Å². The van der Waals surface area contributed by atoms with Crippen LogP contribution in [0.4, 0.5) is 4.39 Å². The first-order valence-corrected chi connectivity index (χ1v) is 7.37. The molecule has 1 aromatic carbocycles. The fraction of sp³-hybridized carbons (Fsp3) is 0.562. The first-order chi connectivity index (χ1) is 9.65. The Balaban J connectivity index is 1.67. The third kappa shape index (κ3) is 4.60. The van der Waals surface area contributed by atoms with E-state index in [0.29, 0.717) is 25.1 Å². The molecule has 1 amide bonds. The van der Waals surface area contributed by atoms with E-state index in [-0.39, 0.29) is 11.7 Å². The van der Waals surface area contributed by atoms with Crippen molar-refractivity contribution in [3.05, 3.63) is 35.6 Å². The van der Waals surface area contributed by atoms with Crippen LogP contribution in [0.2, 0.25) is 0 Å². The lowest BCUT2D eigenvalue weighted by atomic mass is 9.99. The molecule has 0 radical (unpaired) electrons. The van der Waals surface area contributed by atoms with E-state index in [1.165, 1.54) is 18.9 Å². The largest absolute Gasteiger partial charge is 0.355 e. The normalized spacial score (nSPS) is 17.1. The number of carbonyl (C=O) groups is 1. The van der Waals surface area contributed by atoms with Gasteiger partial charge in [-0.1, -0.05) is 25.1 Å². The van der Waals surface area contributed by atoms with E-state index in [2.05, 4.69) is 17.1 Å². The van der Waals surface area contributed by atoms with E-state index in [1.807, 2.05) is 6.07 Å². The molecule has 1 aliphatic heterocycles. The van der Waals surface area contributed by atoms with Gasteiger partial charge in [-0.05, 0) is 49.9 Å². The quantitative estimate of drug-likeness (QED) is 0.895. The maximum absolute atomic E-state index is 13.4. The number of benzene rings is 1. The Hall–Kier alpha value is -1.42. The molecule has 4 heteroatoms. The Morgan fingerprint density at radius 1 is 1.35 bits per heavy atom. The highest BCUT2D eigenvalue weighted by Gasteiger charge is 2.17. The van der Waals surface area contributed by atoms with Gasteiger partial charge in [0.2, 0.25) is 5.91 Å². The van der Waals surface area contributed by atoms with Gasteiger partial charge >= 0.3 is 0 Å². The van der Waals surface area contributed by atoms with Gasteiger partial charge in [0, 0.05) is 6.54 Å². The summed E-state index contributed by atoms with van der Waals surface area (Å²) < 4.78 is 13.4. The van der Waals surface area contributed by atoms with Crippen molar-refractivity contribution in [3.63, 3.8) is 0 Å². The molecule has 0 spiro atoms. The van der Waals surface area contributed by atoms with Crippen LogP contribution in [0, 0.1) is 11.7 Å². The molecule has 0 aliphatic carbocycles. The zero-order chi connectivity index (χ0) is 14.4. The van der Waals surface area contributed by atoms with Crippen molar-refractivity contribution in [3.8, 4) is 0 Å². The van der Waals surface area contributed by atoms with Crippen molar-refractivity contribution in [1.82, 2.24) is 10.2 Å². The average Bonchev–Trinajstić information content (AvgIpc) is 2.43. The van der Waals surface area contributed by atoms with Gasteiger partial charge < -0.3 is 5.32 Å². The highest BCUT2D eigenvalue weighted by molar-refractivity contribution is 5.78. The van der Waals surface area contributed by atoms with Crippen LogP contribution in [0.3, 0.4) is 0 Å². The van der Waals surface area contributed by atoms with Crippen LogP contribution in [0.1, 0.15) is 25.3 Å². The minimum Gasteiger partial charge on any atom is -0.355 e. The summed E-state index contributed by atoms with van der Waals surface area (Å²) >= 11 is 0. The van der Waals surface area contributed by atoms with Gasteiger partial charge in [-0.2, -0.15) is 0 Å². The van der Waals surface area contributed by atoms with Crippen molar-refractivity contribution in [1.29, 1.82) is 0 Å². The lowest BCUT2D eigenvalue weighted by molar-refractivity contribution is -0.122. The molecule has 1 fully saturated rings. The summed E-state index contributed by atoms with van der Waals surface area (Å²) in [5.74, 6) is 0.609. The Labute approximate surface area is 120 Å². The van der Waals surface area contributed by atoms with E-state index in [0.717, 1.165) is 19.0 Å². The second-order valence-corrected chi connectivity index (χ2v) is 5.65. The molecule has 0 unspecified atom stereocenters. The molecule has 0 aromatic heterocycles. The summed E-state index contributed by atoms with van der Waals surface area (Å²) in [5, 5.41) is 2.87. The fourth-order valence-corrected chi connectivity index (χ4v) is 2.52. The fourth-order valence-electron chi connectivity index (χ4n) is 2.52. The number of amides is 1. The number of carbonyl (C=O) groups excluding carboxylic acids is 1. The zero-order valence-corrected chi connectivity index (χ0v) is 12.1. The average molecular weight is 278 g/mol. The van der Waals surface area contributed by atoms with Crippen molar-refractivity contribution in [2.45, 2.75) is 26.2 Å². The number of rotatable bonds is 5. The topological polar surface area (TPSA) is 32.3 Å². The SMILES string of the molecule is CC1CCN(CC(=O)NCCc2ccccc2F)CC1. The Bertz CT molecular complexity index is 442. The second kappa shape index (κ2) is 7.39. The van der Waals surface area contributed by atoms with E-state index in [9.17, 15) is 9.18 Å². The minimum atomic E-state index is -0.202. The van der Waals surface area contributed by atoms with Gasteiger partial charge in [0.1, 0.15) is 5.82 Å². The van der Waals surface area contributed by atoms with Crippen LogP contribution in [0.5, 0.6) is 0 Å². The maximum Gasteiger partial charge on any atom is 0.234 e. The summed E-state index contributed by atoms with van der Waals surface area (Å²) in [5.41, 5.74) is 0.652. The predicted molar refractivity (Wildman–Crippen MR) is 78.0 cm³/mol. The van der Waals surface area contributed by atoms with Crippen LogP contribution in [-0.2, 0) is 11.2 Å². The summed E-state index contributed by atoms with van der Waals surface area (Å²) in [6.07, 6.45) is 2.88. The summed E-state index contributed by atoms with van der Waals surface area (Å²) in [6.45, 7) is 5.21. The van der Waals surface area contributed by atoms with Gasteiger partial charge in [0.15, 0.2) is 0 Å². The van der Waals surface area contributed by atoms with Gasteiger partial charge in [-0.25, -0.2) is 4.39 Å². The van der Waals surface area contributed by atoms with Crippen molar-refractivity contribution >= 4 is 5.91 Å². The van der Waals surface area contributed by atoms with E-state index in [1.54, 1.807) is 12.1 Å². The third-order valence-electron chi connectivity index (χ3n) is 3.92. The highest BCUT2D eigenvalue weighted by Crippen LogP contribution is 2.15. The molecule has 1 saturated heterocycles. The van der Waals surface area contributed by atoms with E-state index < -0.39 is 0 Å². The van der Waals surface area contributed by atoms with Crippen molar-refractivity contribution in [2.75, 3.05) is 26.2 Å². The molecule has 2 rings (SSSR count).